The van der Waals surface area contributed by atoms with Gasteiger partial charge < -0.3 is 10.1 Å². The first-order valence-electron chi connectivity index (χ1n) is 9.52. The summed E-state index contributed by atoms with van der Waals surface area (Å²) in [4.78, 5) is 16.3. The number of hydrogen-bond donors (Lipinski definition) is 1. The van der Waals surface area contributed by atoms with E-state index in [1.807, 2.05) is 49.4 Å². The van der Waals surface area contributed by atoms with E-state index in [1.54, 1.807) is 12.4 Å². The first-order valence-corrected chi connectivity index (χ1v) is 9.52. The third kappa shape index (κ3) is 5.43. The molecule has 0 bridgehead atoms. The van der Waals surface area contributed by atoms with Crippen LogP contribution in [0.1, 0.15) is 42.0 Å². The van der Waals surface area contributed by atoms with Gasteiger partial charge in [-0.2, -0.15) is 0 Å². The number of rotatable bonds is 7. The summed E-state index contributed by atoms with van der Waals surface area (Å²) in [6.07, 6.45) is 4.43. The summed E-state index contributed by atoms with van der Waals surface area (Å²) >= 11 is 0. The van der Waals surface area contributed by atoms with Gasteiger partial charge >= 0.3 is 0 Å². The molecule has 4 nitrogen and oxygen atoms in total. The van der Waals surface area contributed by atoms with Crippen LogP contribution in [0.15, 0.2) is 67.0 Å². The van der Waals surface area contributed by atoms with Crippen LogP contribution in [0.5, 0.6) is 5.75 Å². The van der Waals surface area contributed by atoms with Crippen LogP contribution in [-0.2, 0) is 11.2 Å². The normalized spacial score (nSPS) is 10.7. The van der Waals surface area contributed by atoms with Crippen LogP contribution in [0.2, 0.25) is 0 Å². The smallest absolute Gasteiger partial charge is 0.262 e. The molecule has 2 aromatic carbocycles. The Bertz CT molecular complexity index is 919. The zero-order chi connectivity index (χ0) is 19.9. The lowest BCUT2D eigenvalue weighted by Crippen LogP contribution is -2.20. The molecule has 0 unspecified atom stereocenters. The summed E-state index contributed by atoms with van der Waals surface area (Å²) < 4.78 is 5.80. The van der Waals surface area contributed by atoms with E-state index in [0.717, 1.165) is 29.0 Å². The second kappa shape index (κ2) is 9.18. The lowest BCUT2D eigenvalue weighted by Gasteiger charge is -2.15. The number of ether oxygens (including phenoxy) is 1. The maximum Gasteiger partial charge on any atom is 0.262 e. The summed E-state index contributed by atoms with van der Waals surface area (Å²) in [6.45, 7) is 6.24. The molecule has 0 aliphatic carbocycles. The standard InChI is InChI=1S/C24H26N2O2/c1-17(2)22-9-4-18(3)14-23(22)28-16-24(27)26-21-7-5-19(6-8-21)15-20-10-12-25-13-11-20/h4-14,17H,15-16H2,1-3H3,(H,26,27). The number of benzene rings is 2. The third-order valence-electron chi connectivity index (χ3n) is 4.55. The van der Waals surface area contributed by atoms with Gasteiger partial charge in [0.1, 0.15) is 5.75 Å². The van der Waals surface area contributed by atoms with E-state index in [4.69, 9.17) is 4.74 Å². The Balaban J connectivity index is 1.56. The number of hydrogen-bond acceptors (Lipinski definition) is 3. The highest BCUT2D eigenvalue weighted by atomic mass is 16.5. The van der Waals surface area contributed by atoms with E-state index in [-0.39, 0.29) is 12.5 Å². The molecule has 0 fully saturated rings. The van der Waals surface area contributed by atoms with E-state index >= 15 is 0 Å². The Labute approximate surface area is 166 Å². The topological polar surface area (TPSA) is 51.2 Å². The van der Waals surface area contributed by atoms with Crippen LogP contribution >= 0.6 is 0 Å². The zero-order valence-corrected chi connectivity index (χ0v) is 16.6. The van der Waals surface area contributed by atoms with Gasteiger partial charge in [0.05, 0.1) is 0 Å². The van der Waals surface area contributed by atoms with Crippen molar-refractivity contribution in [1.29, 1.82) is 0 Å². The fraction of sp³-hybridized carbons (Fsp3) is 0.250. The van der Waals surface area contributed by atoms with Gasteiger partial charge in [-0.3, -0.25) is 9.78 Å². The minimum Gasteiger partial charge on any atom is -0.483 e. The molecule has 0 radical (unpaired) electrons. The number of aryl methyl sites for hydroxylation is 1. The van der Waals surface area contributed by atoms with E-state index in [0.29, 0.717) is 5.92 Å². The molecular weight excluding hydrogens is 348 g/mol. The van der Waals surface area contributed by atoms with Crippen LogP contribution in [-0.4, -0.2) is 17.5 Å². The summed E-state index contributed by atoms with van der Waals surface area (Å²) in [5.41, 5.74) is 5.38. The van der Waals surface area contributed by atoms with Crippen molar-refractivity contribution in [2.45, 2.75) is 33.1 Å². The molecule has 0 saturated heterocycles. The molecule has 0 aliphatic rings. The molecule has 4 heteroatoms. The van der Waals surface area contributed by atoms with Crippen molar-refractivity contribution in [2.24, 2.45) is 0 Å². The van der Waals surface area contributed by atoms with Gasteiger partial charge in [-0.1, -0.05) is 38.1 Å². The van der Waals surface area contributed by atoms with E-state index in [2.05, 4.69) is 36.3 Å². The van der Waals surface area contributed by atoms with Crippen molar-refractivity contribution in [1.82, 2.24) is 4.98 Å². The number of anilines is 1. The molecule has 144 valence electrons. The Morgan fingerprint density at radius 1 is 1.00 bits per heavy atom. The molecule has 1 N–H and O–H groups in total. The minimum absolute atomic E-state index is 0.0120. The average molecular weight is 374 g/mol. The maximum atomic E-state index is 12.3. The van der Waals surface area contributed by atoms with Crippen molar-refractivity contribution in [3.63, 3.8) is 0 Å². The monoisotopic (exact) mass is 374 g/mol. The van der Waals surface area contributed by atoms with Gasteiger partial charge in [-0.25, -0.2) is 0 Å². The molecule has 1 amide bonds. The van der Waals surface area contributed by atoms with Gasteiger partial charge in [-0.05, 0) is 71.8 Å². The molecule has 0 aliphatic heterocycles. The Morgan fingerprint density at radius 3 is 2.36 bits per heavy atom. The quantitative estimate of drug-likeness (QED) is 0.624. The van der Waals surface area contributed by atoms with Crippen LogP contribution in [0, 0.1) is 6.92 Å². The van der Waals surface area contributed by atoms with Gasteiger partial charge in [0.15, 0.2) is 6.61 Å². The molecular formula is C24H26N2O2. The second-order valence-electron chi connectivity index (χ2n) is 7.26. The molecule has 1 aromatic heterocycles. The van der Waals surface area contributed by atoms with Crippen molar-refractivity contribution < 1.29 is 9.53 Å². The Morgan fingerprint density at radius 2 is 1.68 bits per heavy atom. The third-order valence-corrected chi connectivity index (χ3v) is 4.55. The van der Waals surface area contributed by atoms with Gasteiger partial charge in [0.25, 0.3) is 5.91 Å². The van der Waals surface area contributed by atoms with E-state index in [1.165, 1.54) is 11.1 Å². The molecule has 3 aromatic rings. The van der Waals surface area contributed by atoms with Crippen LogP contribution in [0.3, 0.4) is 0 Å². The summed E-state index contributed by atoms with van der Waals surface area (Å²) in [6, 6.07) is 18.0. The first kappa shape index (κ1) is 19.6. The number of pyridine rings is 1. The highest BCUT2D eigenvalue weighted by Gasteiger charge is 2.10. The summed E-state index contributed by atoms with van der Waals surface area (Å²) in [5, 5.41) is 2.89. The summed E-state index contributed by atoms with van der Waals surface area (Å²) in [5.74, 6) is 0.947. The van der Waals surface area contributed by atoms with E-state index < -0.39 is 0 Å². The number of amides is 1. The summed E-state index contributed by atoms with van der Waals surface area (Å²) in [7, 11) is 0. The van der Waals surface area contributed by atoms with Gasteiger partial charge in [0, 0.05) is 18.1 Å². The fourth-order valence-corrected chi connectivity index (χ4v) is 3.03. The average Bonchev–Trinajstić information content (AvgIpc) is 2.68. The second-order valence-corrected chi connectivity index (χ2v) is 7.26. The van der Waals surface area contributed by atoms with Gasteiger partial charge in [-0.15, -0.1) is 0 Å². The van der Waals surface area contributed by atoms with Gasteiger partial charge in [0.2, 0.25) is 0 Å². The highest BCUT2D eigenvalue weighted by Crippen LogP contribution is 2.27. The Hall–Kier alpha value is -3.14. The van der Waals surface area contributed by atoms with Crippen LogP contribution < -0.4 is 10.1 Å². The largest absolute Gasteiger partial charge is 0.483 e. The highest BCUT2D eigenvalue weighted by molar-refractivity contribution is 5.91. The van der Waals surface area contributed by atoms with Crippen LogP contribution in [0.25, 0.3) is 0 Å². The molecule has 0 spiro atoms. The van der Waals surface area contributed by atoms with E-state index in [9.17, 15) is 4.79 Å². The molecule has 0 saturated carbocycles. The molecule has 3 rings (SSSR count). The number of aromatic nitrogens is 1. The number of nitrogens with zero attached hydrogens (tertiary/aromatic N) is 1. The number of nitrogens with one attached hydrogen (secondary N) is 1. The predicted octanol–water partition coefficient (Wildman–Crippen LogP) is 5.12. The van der Waals surface area contributed by atoms with Crippen molar-refractivity contribution in [3.05, 3.63) is 89.2 Å². The lowest BCUT2D eigenvalue weighted by atomic mass is 10.0. The molecule has 28 heavy (non-hydrogen) atoms. The zero-order valence-electron chi connectivity index (χ0n) is 16.6. The fourth-order valence-electron chi connectivity index (χ4n) is 3.03. The minimum atomic E-state index is -0.168. The Kier molecular flexibility index (Phi) is 6.43. The maximum absolute atomic E-state index is 12.3. The lowest BCUT2D eigenvalue weighted by molar-refractivity contribution is -0.118. The van der Waals surface area contributed by atoms with Crippen molar-refractivity contribution in [3.8, 4) is 5.75 Å². The SMILES string of the molecule is Cc1ccc(C(C)C)c(OCC(=O)Nc2ccc(Cc3ccncc3)cc2)c1. The molecule has 1 heterocycles. The van der Waals surface area contributed by atoms with Crippen LogP contribution in [0.4, 0.5) is 5.69 Å². The van der Waals surface area contributed by atoms with Crippen molar-refractivity contribution in [2.75, 3.05) is 11.9 Å². The first-order chi connectivity index (χ1) is 13.5. The van der Waals surface area contributed by atoms with Crippen molar-refractivity contribution >= 4 is 11.6 Å². The molecule has 0 atom stereocenters. The number of carbonyl (C=O) groups is 1. The number of carbonyl (C=O) groups excluding carboxylic acids is 1. The predicted molar refractivity (Wildman–Crippen MR) is 113 cm³/mol.